The smallest absolute Gasteiger partial charge is 0.0654 e. The molecule has 0 bridgehead atoms. The van der Waals surface area contributed by atoms with E-state index >= 15 is 0 Å². The Labute approximate surface area is 304 Å². The number of hydrogen-bond acceptors (Lipinski definition) is 4. The fraction of sp³-hybridized carbons (Fsp3) is 0.905. The van der Waals surface area contributed by atoms with Crippen molar-refractivity contribution in [3.05, 3.63) is 11.1 Å². The van der Waals surface area contributed by atoms with Gasteiger partial charge in [0.05, 0.1) is 11.9 Å². The quantitative estimate of drug-likeness (QED) is 0.0361. The Kier molecular flexibility index (Phi) is 43.1. The Balaban J connectivity index is 0. The van der Waals surface area contributed by atoms with Gasteiger partial charge in [-0.1, -0.05) is 78.1 Å². The summed E-state index contributed by atoms with van der Waals surface area (Å²) >= 11 is 0.00985. The van der Waals surface area contributed by atoms with Crippen molar-refractivity contribution in [2.45, 2.75) is 242 Å². The van der Waals surface area contributed by atoms with Gasteiger partial charge in [0, 0.05) is 0 Å². The monoisotopic (exact) mass is 769 g/mol. The van der Waals surface area contributed by atoms with Crippen LogP contribution >= 0.6 is 0 Å². The van der Waals surface area contributed by atoms with Gasteiger partial charge in [-0.3, -0.25) is 0 Å². The minimum Gasteiger partial charge on any atom is -0.0654 e. The number of carbonyl (C=O) groups excluding carboxylic acids is 2. The summed E-state index contributed by atoms with van der Waals surface area (Å²) in [5, 5.41) is 20.0. The molecule has 5 heteroatoms. The minimum atomic E-state index is -1.48. The van der Waals surface area contributed by atoms with Crippen LogP contribution in [0.15, 0.2) is 11.1 Å². The van der Waals surface area contributed by atoms with Crippen LogP contribution in [0.4, 0.5) is 0 Å². The van der Waals surface area contributed by atoms with Crippen molar-refractivity contribution in [2.75, 3.05) is 0 Å². The van der Waals surface area contributed by atoms with Crippen LogP contribution in [0.1, 0.15) is 233 Å². The van der Waals surface area contributed by atoms with Gasteiger partial charge in [-0.05, 0) is 25.0 Å². The summed E-state index contributed by atoms with van der Waals surface area (Å²) in [6.07, 6.45) is 47.9. The SMILES string of the molecule is C/C(C(=O)[O-])=C(\C)C(=O)[O-].CCCCCCCCCCCCCCCCC[CH2][Sn+2][CH2]CCCCCCCCCCCCCCCCC. The summed E-state index contributed by atoms with van der Waals surface area (Å²) in [6.45, 7) is 6.93. The number of hydrogen-bond donors (Lipinski definition) is 0. The molecule has 0 unspecified atom stereocenters. The van der Waals surface area contributed by atoms with E-state index in [4.69, 9.17) is 0 Å². The molecular weight excluding hydrogens is 687 g/mol. The van der Waals surface area contributed by atoms with Crippen molar-refractivity contribution >= 4 is 33.1 Å². The Morgan fingerprint density at radius 2 is 0.511 bits per heavy atom. The molecule has 4 nitrogen and oxygen atoms in total. The van der Waals surface area contributed by atoms with Crippen molar-refractivity contribution in [2.24, 2.45) is 0 Å². The molecule has 0 rings (SSSR count). The summed E-state index contributed by atoms with van der Waals surface area (Å²) in [5.41, 5.74) is -0.611. The van der Waals surface area contributed by atoms with Crippen LogP contribution in [0.5, 0.6) is 0 Å². The van der Waals surface area contributed by atoms with Crippen molar-refractivity contribution in [1.82, 2.24) is 0 Å². The van der Waals surface area contributed by atoms with E-state index in [2.05, 4.69) is 13.8 Å². The van der Waals surface area contributed by atoms with Gasteiger partial charge in [0.25, 0.3) is 0 Å². The molecular formula is C42H80O4Sn. The van der Waals surface area contributed by atoms with Crippen LogP contribution in [0, 0.1) is 0 Å². The van der Waals surface area contributed by atoms with Crippen LogP contribution in [0.25, 0.3) is 0 Å². The van der Waals surface area contributed by atoms with Crippen molar-refractivity contribution in [3.63, 3.8) is 0 Å². The zero-order chi connectivity index (χ0) is 35.1. The van der Waals surface area contributed by atoms with Gasteiger partial charge in [-0.25, -0.2) is 0 Å². The fourth-order valence-electron chi connectivity index (χ4n) is 6.03. The zero-order valence-electron chi connectivity index (χ0n) is 32.2. The molecule has 0 aromatic heterocycles. The first-order chi connectivity index (χ1) is 22.9. The summed E-state index contributed by atoms with van der Waals surface area (Å²) < 4.78 is 3.33. The first kappa shape index (κ1) is 48.6. The standard InChI is InChI=1S/2C18H37.C6H8O4.Sn/c2*1-3-5-7-9-11-13-15-17-18-16-14-12-10-8-6-4-2;1-3(5(7)8)4(2)6(9)10;/h2*1,3-18H2,2H3;1-2H3,(H,7,8)(H,9,10);/q;;;+2/p-2/b;;4-3-;. The molecule has 0 amide bonds. The first-order valence-corrected chi connectivity index (χ1v) is 24.7. The van der Waals surface area contributed by atoms with E-state index in [-0.39, 0.29) is 32.3 Å². The Bertz CT molecular complexity index is 634. The molecule has 0 aliphatic rings. The molecule has 0 aromatic carbocycles. The Morgan fingerprint density at radius 1 is 0.340 bits per heavy atom. The second-order valence-electron chi connectivity index (χ2n) is 14.2. The van der Waals surface area contributed by atoms with E-state index in [1.807, 2.05) is 0 Å². The average Bonchev–Trinajstić information content (AvgIpc) is 3.06. The molecule has 0 aliphatic carbocycles. The van der Waals surface area contributed by atoms with Crippen molar-refractivity contribution < 1.29 is 19.8 Å². The third-order valence-corrected chi connectivity index (χ3v) is 13.6. The summed E-state index contributed by atoms with van der Waals surface area (Å²) in [7, 11) is 0. The maximum absolute atomic E-state index is 9.99. The zero-order valence-corrected chi connectivity index (χ0v) is 35.0. The van der Waals surface area contributed by atoms with E-state index in [1.165, 1.54) is 193 Å². The molecule has 0 saturated carbocycles. The molecule has 0 saturated heterocycles. The Hall–Kier alpha value is -0.521. The molecule has 0 N–H and O–H groups in total. The number of unbranched alkanes of at least 4 members (excludes halogenated alkanes) is 30. The van der Waals surface area contributed by atoms with E-state index in [1.54, 1.807) is 21.7 Å². The second-order valence-corrected chi connectivity index (χ2v) is 18.5. The van der Waals surface area contributed by atoms with Crippen molar-refractivity contribution in [3.8, 4) is 0 Å². The van der Waals surface area contributed by atoms with Crippen LogP contribution in [-0.2, 0) is 9.59 Å². The van der Waals surface area contributed by atoms with Crippen molar-refractivity contribution in [1.29, 1.82) is 0 Å². The van der Waals surface area contributed by atoms with E-state index in [9.17, 15) is 19.8 Å². The molecule has 0 fully saturated rings. The van der Waals surface area contributed by atoms with Gasteiger partial charge in [0.1, 0.15) is 0 Å². The fourth-order valence-corrected chi connectivity index (χ4v) is 9.60. The predicted molar refractivity (Wildman–Crippen MR) is 203 cm³/mol. The molecule has 0 aromatic rings. The predicted octanol–water partition coefficient (Wildman–Crippen LogP) is 11.9. The summed E-state index contributed by atoms with van der Waals surface area (Å²) in [4.78, 5) is 20.0. The Morgan fingerprint density at radius 3 is 0.681 bits per heavy atom. The first-order valence-electron chi connectivity index (χ1n) is 20.7. The van der Waals surface area contributed by atoms with Crippen LogP contribution in [0.3, 0.4) is 0 Å². The molecule has 0 aliphatic heterocycles. The van der Waals surface area contributed by atoms with E-state index < -0.39 is 11.9 Å². The second kappa shape index (κ2) is 41.6. The number of rotatable bonds is 36. The van der Waals surface area contributed by atoms with Gasteiger partial charge in [0.2, 0.25) is 0 Å². The third-order valence-electron chi connectivity index (χ3n) is 9.59. The molecule has 0 atom stereocenters. The topological polar surface area (TPSA) is 80.3 Å². The molecule has 0 radical (unpaired) electrons. The molecule has 0 heterocycles. The van der Waals surface area contributed by atoms with Crippen LogP contribution < -0.4 is 10.2 Å². The maximum atomic E-state index is 9.99. The van der Waals surface area contributed by atoms with E-state index in [0.29, 0.717) is 0 Å². The number of carbonyl (C=O) groups is 2. The van der Waals surface area contributed by atoms with Gasteiger partial charge >= 0.3 is 171 Å². The van der Waals surface area contributed by atoms with Gasteiger partial charge in [-0.2, -0.15) is 0 Å². The van der Waals surface area contributed by atoms with Crippen LogP contribution in [0.2, 0.25) is 8.87 Å². The normalized spacial score (nSPS) is 11.5. The number of carboxylic acids is 2. The number of aliphatic carboxylic acids is 2. The van der Waals surface area contributed by atoms with Gasteiger partial charge in [0.15, 0.2) is 0 Å². The minimum absolute atomic E-state index is 0.00985. The average molecular weight is 768 g/mol. The number of carboxylic acid groups (broad SMARTS) is 2. The van der Waals surface area contributed by atoms with Crippen LogP contribution in [-0.4, -0.2) is 33.1 Å². The summed E-state index contributed by atoms with van der Waals surface area (Å²) in [5.74, 6) is -2.97. The van der Waals surface area contributed by atoms with Gasteiger partial charge in [-0.15, -0.1) is 0 Å². The third kappa shape index (κ3) is 41.6. The molecule has 0 spiro atoms. The van der Waals surface area contributed by atoms with Gasteiger partial charge < -0.3 is 19.8 Å². The molecule has 47 heavy (non-hydrogen) atoms. The molecule has 276 valence electrons. The van der Waals surface area contributed by atoms with E-state index in [0.717, 1.165) is 13.8 Å². The summed E-state index contributed by atoms with van der Waals surface area (Å²) in [6, 6.07) is 0.